The minimum absolute atomic E-state index is 0.135. The van der Waals surface area contributed by atoms with Crippen molar-refractivity contribution in [2.24, 2.45) is 0 Å². The first-order valence-corrected chi connectivity index (χ1v) is 11.1. The zero-order valence-electron chi connectivity index (χ0n) is 17.4. The van der Waals surface area contributed by atoms with Crippen LogP contribution in [0.25, 0.3) is 17.1 Å². The third kappa shape index (κ3) is 4.92. The molecule has 0 radical (unpaired) electrons. The fourth-order valence-corrected chi connectivity index (χ4v) is 4.00. The van der Waals surface area contributed by atoms with E-state index in [0.29, 0.717) is 27.4 Å². The van der Waals surface area contributed by atoms with Crippen molar-refractivity contribution >= 4 is 35.0 Å². The SMILES string of the molecule is COc1ccc(Cl)cc1NC(=O)CSc1nnc(-c2ccncc2)n1-c1ccc(C)cc1. The van der Waals surface area contributed by atoms with Crippen molar-refractivity contribution in [3.8, 4) is 22.8 Å². The van der Waals surface area contributed by atoms with Gasteiger partial charge in [-0.2, -0.15) is 0 Å². The maximum atomic E-state index is 12.6. The highest BCUT2D eigenvalue weighted by atomic mass is 35.5. The monoisotopic (exact) mass is 465 g/mol. The van der Waals surface area contributed by atoms with Crippen LogP contribution < -0.4 is 10.1 Å². The van der Waals surface area contributed by atoms with E-state index in [2.05, 4.69) is 20.5 Å². The van der Waals surface area contributed by atoms with Gasteiger partial charge >= 0.3 is 0 Å². The van der Waals surface area contributed by atoms with Gasteiger partial charge in [-0.25, -0.2) is 0 Å². The number of hydrogen-bond donors (Lipinski definition) is 1. The number of anilines is 1. The number of hydrogen-bond acceptors (Lipinski definition) is 6. The fraction of sp³-hybridized carbons (Fsp3) is 0.130. The number of halogens is 1. The first-order valence-electron chi connectivity index (χ1n) is 9.74. The van der Waals surface area contributed by atoms with Crippen molar-refractivity contribution < 1.29 is 9.53 Å². The Morgan fingerprint density at radius 3 is 2.56 bits per heavy atom. The molecule has 9 heteroatoms. The maximum Gasteiger partial charge on any atom is 0.234 e. The molecule has 2 heterocycles. The van der Waals surface area contributed by atoms with Crippen molar-refractivity contribution in [3.63, 3.8) is 0 Å². The number of benzene rings is 2. The Labute approximate surface area is 194 Å². The summed E-state index contributed by atoms with van der Waals surface area (Å²) in [5, 5.41) is 12.7. The van der Waals surface area contributed by atoms with Gasteiger partial charge in [-0.1, -0.05) is 41.1 Å². The number of carbonyl (C=O) groups excluding carboxylic acids is 1. The number of amides is 1. The lowest BCUT2D eigenvalue weighted by Crippen LogP contribution is -2.15. The van der Waals surface area contributed by atoms with E-state index in [1.807, 2.05) is 47.9 Å². The van der Waals surface area contributed by atoms with Crippen LogP contribution in [0.3, 0.4) is 0 Å². The molecule has 2 aromatic heterocycles. The number of carbonyl (C=O) groups is 1. The van der Waals surface area contributed by atoms with E-state index in [9.17, 15) is 4.79 Å². The van der Waals surface area contributed by atoms with E-state index in [1.165, 1.54) is 11.8 Å². The lowest BCUT2D eigenvalue weighted by molar-refractivity contribution is -0.113. The molecule has 1 N–H and O–H groups in total. The Bertz CT molecular complexity index is 1230. The number of nitrogens with zero attached hydrogens (tertiary/aromatic N) is 4. The van der Waals surface area contributed by atoms with Crippen LogP contribution in [0.2, 0.25) is 5.02 Å². The van der Waals surface area contributed by atoms with Gasteiger partial charge in [0.05, 0.1) is 18.6 Å². The fourth-order valence-electron chi connectivity index (χ4n) is 3.07. The number of aromatic nitrogens is 4. The van der Waals surface area contributed by atoms with Gasteiger partial charge in [0.2, 0.25) is 5.91 Å². The Balaban J connectivity index is 1.59. The van der Waals surface area contributed by atoms with E-state index < -0.39 is 0 Å². The number of ether oxygens (including phenoxy) is 1. The number of thioether (sulfide) groups is 1. The number of rotatable bonds is 7. The number of pyridine rings is 1. The largest absolute Gasteiger partial charge is 0.495 e. The summed E-state index contributed by atoms with van der Waals surface area (Å²) in [6.45, 7) is 2.03. The van der Waals surface area contributed by atoms with Crippen LogP contribution in [0.5, 0.6) is 5.75 Å². The van der Waals surface area contributed by atoms with Gasteiger partial charge in [0.25, 0.3) is 0 Å². The molecular formula is C23H20ClN5O2S. The highest BCUT2D eigenvalue weighted by Gasteiger charge is 2.18. The Kier molecular flexibility index (Phi) is 6.72. The smallest absolute Gasteiger partial charge is 0.234 e. The van der Waals surface area contributed by atoms with Gasteiger partial charge in [0.15, 0.2) is 11.0 Å². The summed E-state index contributed by atoms with van der Waals surface area (Å²) in [4.78, 5) is 16.7. The zero-order valence-corrected chi connectivity index (χ0v) is 19.0. The van der Waals surface area contributed by atoms with Crippen LogP contribution in [0.15, 0.2) is 72.1 Å². The molecule has 0 saturated carbocycles. The second kappa shape index (κ2) is 9.84. The first kappa shape index (κ1) is 21.9. The molecule has 0 bridgehead atoms. The van der Waals surface area contributed by atoms with Gasteiger partial charge in [-0.15, -0.1) is 10.2 Å². The van der Waals surface area contributed by atoms with Crippen molar-refractivity contribution in [2.75, 3.05) is 18.2 Å². The average molecular weight is 466 g/mol. The highest BCUT2D eigenvalue weighted by Crippen LogP contribution is 2.30. The lowest BCUT2D eigenvalue weighted by Gasteiger charge is -2.12. The van der Waals surface area contributed by atoms with Crippen LogP contribution in [-0.4, -0.2) is 38.5 Å². The zero-order chi connectivity index (χ0) is 22.5. The molecule has 0 unspecified atom stereocenters. The molecular weight excluding hydrogens is 446 g/mol. The van der Waals surface area contributed by atoms with Crippen LogP contribution >= 0.6 is 23.4 Å². The van der Waals surface area contributed by atoms with Gasteiger partial charge in [0, 0.05) is 28.7 Å². The Hall–Kier alpha value is -3.36. The molecule has 0 aliphatic carbocycles. The summed E-state index contributed by atoms with van der Waals surface area (Å²) in [7, 11) is 1.54. The summed E-state index contributed by atoms with van der Waals surface area (Å²) in [5.74, 6) is 1.14. The second-order valence-corrected chi connectivity index (χ2v) is 8.27. The summed E-state index contributed by atoms with van der Waals surface area (Å²) < 4.78 is 7.23. The van der Waals surface area contributed by atoms with Crippen LogP contribution in [0, 0.1) is 6.92 Å². The molecule has 162 valence electrons. The molecule has 0 spiro atoms. The summed E-state index contributed by atoms with van der Waals surface area (Å²) >= 11 is 7.35. The average Bonchev–Trinajstić information content (AvgIpc) is 3.23. The molecule has 2 aromatic carbocycles. The standard InChI is InChI=1S/C23H20ClN5O2S/c1-15-3-6-18(7-4-15)29-22(16-9-11-25-12-10-16)27-28-23(29)32-14-21(30)26-19-13-17(24)5-8-20(19)31-2/h3-13H,14H2,1-2H3,(H,26,30). The lowest BCUT2D eigenvalue weighted by atomic mass is 10.2. The van der Waals surface area contributed by atoms with Crippen molar-refractivity contribution in [1.29, 1.82) is 0 Å². The van der Waals surface area contributed by atoms with Gasteiger partial charge < -0.3 is 10.1 Å². The van der Waals surface area contributed by atoms with Crippen LogP contribution in [0.1, 0.15) is 5.56 Å². The minimum atomic E-state index is -0.209. The molecule has 0 fully saturated rings. The third-order valence-electron chi connectivity index (χ3n) is 4.63. The van der Waals surface area contributed by atoms with Crippen molar-refractivity contribution in [3.05, 3.63) is 77.6 Å². The summed E-state index contributed by atoms with van der Waals surface area (Å²) in [5.41, 5.74) is 3.46. The van der Waals surface area contributed by atoms with Gasteiger partial charge in [0.1, 0.15) is 5.75 Å². The van der Waals surface area contributed by atoms with Crippen molar-refractivity contribution in [2.45, 2.75) is 12.1 Å². The normalized spacial score (nSPS) is 10.7. The summed E-state index contributed by atoms with van der Waals surface area (Å²) in [6, 6.07) is 16.9. The molecule has 0 aliphatic heterocycles. The molecule has 4 aromatic rings. The highest BCUT2D eigenvalue weighted by molar-refractivity contribution is 7.99. The first-order chi connectivity index (χ1) is 15.5. The topological polar surface area (TPSA) is 81.9 Å². The number of aryl methyl sites for hydroxylation is 1. The van der Waals surface area contributed by atoms with Gasteiger partial charge in [-0.05, 0) is 49.4 Å². The molecule has 4 rings (SSSR count). The van der Waals surface area contributed by atoms with E-state index in [1.54, 1.807) is 37.7 Å². The quantitative estimate of drug-likeness (QED) is 0.385. The molecule has 0 atom stereocenters. The van der Waals surface area contributed by atoms with Crippen molar-refractivity contribution in [1.82, 2.24) is 19.7 Å². The van der Waals surface area contributed by atoms with Crippen LogP contribution in [0.4, 0.5) is 5.69 Å². The number of nitrogens with one attached hydrogen (secondary N) is 1. The maximum absolute atomic E-state index is 12.6. The van der Waals surface area contributed by atoms with E-state index >= 15 is 0 Å². The Morgan fingerprint density at radius 1 is 1.09 bits per heavy atom. The number of methoxy groups -OCH3 is 1. The minimum Gasteiger partial charge on any atom is -0.495 e. The molecule has 7 nitrogen and oxygen atoms in total. The predicted molar refractivity (Wildman–Crippen MR) is 127 cm³/mol. The second-order valence-electron chi connectivity index (χ2n) is 6.89. The van der Waals surface area contributed by atoms with Crippen LogP contribution in [-0.2, 0) is 4.79 Å². The predicted octanol–water partition coefficient (Wildman–Crippen LogP) is 5.03. The molecule has 1 amide bonds. The van der Waals surface area contributed by atoms with E-state index in [0.717, 1.165) is 16.8 Å². The molecule has 32 heavy (non-hydrogen) atoms. The molecule has 0 aliphatic rings. The summed E-state index contributed by atoms with van der Waals surface area (Å²) in [6.07, 6.45) is 3.42. The molecule has 0 saturated heterocycles. The van der Waals surface area contributed by atoms with E-state index in [-0.39, 0.29) is 11.7 Å². The Morgan fingerprint density at radius 2 is 1.84 bits per heavy atom. The third-order valence-corrected chi connectivity index (χ3v) is 5.80. The van der Waals surface area contributed by atoms with E-state index in [4.69, 9.17) is 16.3 Å². The van der Waals surface area contributed by atoms with Gasteiger partial charge in [-0.3, -0.25) is 14.3 Å².